The van der Waals surface area contributed by atoms with Crippen molar-refractivity contribution in [2.75, 3.05) is 11.9 Å². The maximum Gasteiger partial charge on any atom is 0.306 e. The molecule has 0 saturated carbocycles. The lowest BCUT2D eigenvalue weighted by atomic mass is 10.2. The fraction of sp³-hybridized carbons (Fsp3) is 0.250. The molecule has 0 aliphatic heterocycles. The Balaban J connectivity index is 1.45. The van der Waals surface area contributed by atoms with Gasteiger partial charge in [-0.05, 0) is 31.5 Å². The topological polar surface area (TPSA) is 120 Å². The highest BCUT2D eigenvalue weighted by atomic mass is 16.6. The summed E-state index contributed by atoms with van der Waals surface area (Å²) >= 11 is 0. The molecule has 9 heteroatoms. The third kappa shape index (κ3) is 5.38. The first-order valence-corrected chi connectivity index (χ1v) is 9.10. The number of anilines is 1. The molecule has 0 radical (unpaired) electrons. The first-order chi connectivity index (χ1) is 14.0. The Bertz CT molecular complexity index is 974. The molecule has 3 aromatic rings. The lowest BCUT2D eigenvalue weighted by molar-refractivity contribution is -0.384. The van der Waals surface area contributed by atoms with Crippen LogP contribution < -0.4 is 5.32 Å². The van der Waals surface area contributed by atoms with Crippen LogP contribution >= 0.6 is 0 Å². The molecule has 2 aromatic carbocycles. The van der Waals surface area contributed by atoms with Crippen molar-refractivity contribution in [3.63, 3.8) is 0 Å². The second-order valence-electron chi connectivity index (χ2n) is 6.25. The molecule has 1 N–H and O–H groups in total. The van der Waals surface area contributed by atoms with E-state index < -0.39 is 17.0 Å². The van der Waals surface area contributed by atoms with Crippen molar-refractivity contribution < 1.29 is 18.9 Å². The average Bonchev–Trinajstić information content (AvgIpc) is 3.22. The van der Waals surface area contributed by atoms with Crippen LogP contribution in [0.3, 0.4) is 0 Å². The third-order valence-corrected chi connectivity index (χ3v) is 4.09. The molecule has 0 fully saturated rings. The number of ether oxygens (including phenoxy) is 1. The number of nitro groups is 1. The van der Waals surface area contributed by atoms with Crippen LogP contribution in [0.5, 0.6) is 0 Å². The van der Waals surface area contributed by atoms with Crippen LogP contribution in [0.4, 0.5) is 11.4 Å². The van der Waals surface area contributed by atoms with Gasteiger partial charge in [0.15, 0.2) is 6.10 Å². The fourth-order valence-corrected chi connectivity index (χ4v) is 2.64. The van der Waals surface area contributed by atoms with Gasteiger partial charge in [-0.15, -0.1) is 10.2 Å². The third-order valence-electron chi connectivity index (χ3n) is 4.09. The summed E-state index contributed by atoms with van der Waals surface area (Å²) in [5.41, 5.74) is 1.19. The van der Waals surface area contributed by atoms with Gasteiger partial charge in [0, 0.05) is 24.6 Å². The molecule has 0 aliphatic rings. The molecular weight excluding hydrogens is 376 g/mol. The molecule has 3 rings (SSSR count). The Hall–Kier alpha value is -3.75. The minimum Gasteiger partial charge on any atom is -0.453 e. The quantitative estimate of drug-likeness (QED) is 0.248. The highest BCUT2D eigenvalue weighted by Gasteiger charge is 2.19. The molecule has 29 heavy (non-hydrogen) atoms. The van der Waals surface area contributed by atoms with Crippen LogP contribution in [0.25, 0.3) is 11.5 Å². The van der Waals surface area contributed by atoms with Crippen molar-refractivity contribution >= 4 is 17.3 Å². The predicted molar refractivity (Wildman–Crippen MR) is 105 cm³/mol. The number of hydrogen-bond acceptors (Lipinski definition) is 8. The zero-order chi connectivity index (χ0) is 20.6. The fourth-order valence-electron chi connectivity index (χ4n) is 2.64. The van der Waals surface area contributed by atoms with E-state index in [-0.39, 0.29) is 18.0 Å². The molecule has 1 aromatic heterocycles. The van der Waals surface area contributed by atoms with Crippen LogP contribution in [-0.4, -0.2) is 27.6 Å². The van der Waals surface area contributed by atoms with Crippen molar-refractivity contribution in [1.82, 2.24) is 10.2 Å². The summed E-state index contributed by atoms with van der Waals surface area (Å²) in [5, 5.41) is 21.9. The maximum atomic E-state index is 12.0. The van der Waals surface area contributed by atoms with E-state index in [4.69, 9.17) is 9.15 Å². The van der Waals surface area contributed by atoms with Gasteiger partial charge in [-0.3, -0.25) is 14.9 Å². The molecular formula is C20H20N4O5. The van der Waals surface area contributed by atoms with Crippen LogP contribution in [0.15, 0.2) is 59.0 Å². The average molecular weight is 396 g/mol. The molecule has 150 valence electrons. The summed E-state index contributed by atoms with van der Waals surface area (Å²) in [6, 6.07) is 15.7. The SMILES string of the molecule is C[C@@H](OC(=O)CCCNc1ccccc1[N+](=O)[O-])c1nnc(-c2ccccc2)o1. The molecule has 0 amide bonds. The van der Waals surface area contributed by atoms with Gasteiger partial charge in [-0.2, -0.15) is 0 Å². The second kappa shape index (κ2) is 9.45. The van der Waals surface area contributed by atoms with Crippen LogP contribution in [0, 0.1) is 10.1 Å². The number of rotatable bonds is 9. The van der Waals surface area contributed by atoms with E-state index in [1.165, 1.54) is 6.07 Å². The summed E-state index contributed by atoms with van der Waals surface area (Å²) in [6.07, 6.45) is -0.0652. The van der Waals surface area contributed by atoms with Crippen LogP contribution in [-0.2, 0) is 9.53 Å². The van der Waals surface area contributed by atoms with Gasteiger partial charge in [0.05, 0.1) is 4.92 Å². The van der Waals surface area contributed by atoms with Gasteiger partial charge in [0.25, 0.3) is 11.6 Å². The summed E-state index contributed by atoms with van der Waals surface area (Å²) < 4.78 is 10.9. The van der Waals surface area contributed by atoms with Gasteiger partial charge in [0.2, 0.25) is 5.89 Å². The number of carbonyl (C=O) groups excluding carboxylic acids is 1. The predicted octanol–water partition coefficient (Wildman–Crippen LogP) is 4.14. The van der Waals surface area contributed by atoms with Crippen LogP contribution in [0.2, 0.25) is 0 Å². The number of para-hydroxylation sites is 2. The Kier molecular flexibility index (Phi) is 6.51. The number of aromatic nitrogens is 2. The number of benzene rings is 2. The zero-order valence-corrected chi connectivity index (χ0v) is 15.8. The lowest BCUT2D eigenvalue weighted by Crippen LogP contribution is -2.11. The van der Waals surface area contributed by atoms with Crippen molar-refractivity contribution in [2.45, 2.75) is 25.9 Å². The highest BCUT2D eigenvalue weighted by Crippen LogP contribution is 2.24. The minimum absolute atomic E-state index is 0.00527. The normalized spacial score (nSPS) is 11.6. The Morgan fingerprint density at radius 2 is 1.90 bits per heavy atom. The first-order valence-electron chi connectivity index (χ1n) is 9.10. The van der Waals surface area contributed by atoms with E-state index in [1.807, 2.05) is 30.3 Å². The number of nitrogens with one attached hydrogen (secondary N) is 1. The maximum absolute atomic E-state index is 12.0. The number of nitro benzene ring substituents is 1. The smallest absolute Gasteiger partial charge is 0.306 e. The van der Waals surface area contributed by atoms with Crippen molar-refractivity contribution in [1.29, 1.82) is 0 Å². The van der Waals surface area contributed by atoms with Gasteiger partial charge in [-0.25, -0.2) is 0 Å². The molecule has 0 unspecified atom stereocenters. The molecule has 0 bridgehead atoms. The summed E-state index contributed by atoms with van der Waals surface area (Å²) in [6.45, 7) is 2.05. The van der Waals surface area contributed by atoms with Gasteiger partial charge in [-0.1, -0.05) is 30.3 Å². The van der Waals surface area contributed by atoms with E-state index in [9.17, 15) is 14.9 Å². The monoisotopic (exact) mass is 396 g/mol. The number of esters is 1. The van der Waals surface area contributed by atoms with Gasteiger partial charge in [0.1, 0.15) is 5.69 Å². The second-order valence-corrected chi connectivity index (χ2v) is 6.25. The van der Waals surface area contributed by atoms with E-state index in [1.54, 1.807) is 25.1 Å². The Morgan fingerprint density at radius 1 is 1.17 bits per heavy atom. The van der Waals surface area contributed by atoms with Gasteiger partial charge >= 0.3 is 5.97 Å². The van der Waals surface area contributed by atoms with E-state index in [0.29, 0.717) is 24.5 Å². The Labute approximate surface area is 166 Å². The number of hydrogen-bond donors (Lipinski definition) is 1. The molecule has 0 spiro atoms. The van der Waals surface area contributed by atoms with Crippen molar-refractivity contribution in [3.8, 4) is 11.5 Å². The lowest BCUT2D eigenvalue weighted by Gasteiger charge is -2.10. The summed E-state index contributed by atoms with van der Waals surface area (Å²) in [4.78, 5) is 22.6. The molecule has 0 aliphatic carbocycles. The molecule has 0 saturated heterocycles. The summed E-state index contributed by atoms with van der Waals surface area (Å²) in [5.74, 6) is 0.161. The van der Waals surface area contributed by atoms with Crippen LogP contribution in [0.1, 0.15) is 31.8 Å². The highest BCUT2D eigenvalue weighted by molar-refractivity contribution is 5.69. The summed E-state index contributed by atoms with van der Waals surface area (Å²) in [7, 11) is 0. The minimum atomic E-state index is -0.671. The standard InChI is InChI=1S/C20H20N4O5/c1-14(19-22-23-20(29-19)15-8-3-2-4-9-15)28-18(25)12-7-13-21-16-10-5-6-11-17(16)24(26)27/h2-6,8-11,14,21H,7,12-13H2,1H3/t14-/m1/s1. The van der Waals surface area contributed by atoms with E-state index >= 15 is 0 Å². The zero-order valence-electron chi connectivity index (χ0n) is 15.8. The van der Waals surface area contributed by atoms with Crippen molar-refractivity contribution in [3.05, 3.63) is 70.6 Å². The van der Waals surface area contributed by atoms with E-state index in [2.05, 4.69) is 15.5 Å². The van der Waals surface area contributed by atoms with Crippen molar-refractivity contribution in [2.24, 2.45) is 0 Å². The van der Waals surface area contributed by atoms with Gasteiger partial charge < -0.3 is 14.5 Å². The number of carbonyl (C=O) groups is 1. The molecule has 1 heterocycles. The Morgan fingerprint density at radius 3 is 2.66 bits per heavy atom. The number of nitrogens with zero attached hydrogens (tertiary/aromatic N) is 3. The molecule has 1 atom stereocenters. The first kappa shape index (κ1) is 20.0. The van der Waals surface area contributed by atoms with E-state index in [0.717, 1.165) is 5.56 Å². The largest absolute Gasteiger partial charge is 0.453 e. The molecule has 9 nitrogen and oxygen atoms in total.